The molecule has 0 aliphatic rings. The second-order valence-corrected chi connectivity index (χ2v) is 5.71. The lowest BCUT2D eigenvalue weighted by atomic mass is 10.2. The molecule has 0 aliphatic heterocycles. The molecule has 0 saturated heterocycles. The van der Waals surface area contributed by atoms with E-state index in [0.717, 1.165) is 25.2 Å². The molecule has 0 spiro atoms. The number of benzene rings is 2. The molecule has 0 saturated carbocycles. The molecule has 0 aliphatic carbocycles. The van der Waals surface area contributed by atoms with Crippen molar-refractivity contribution in [2.24, 2.45) is 0 Å². The molecule has 3 nitrogen and oxygen atoms in total. The molecular formula is C16H19Cl2N3. The van der Waals surface area contributed by atoms with Crippen LogP contribution in [0.25, 0.3) is 0 Å². The van der Waals surface area contributed by atoms with Gasteiger partial charge in [0.25, 0.3) is 0 Å². The van der Waals surface area contributed by atoms with Crippen molar-refractivity contribution in [2.45, 2.75) is 6.42 Å². The van der Waals surface area contributed by atoms with Gasteiger partial charge in [-0.05, 0) is 30.7 Å². The summed E-state index contributed by atoms with van der Waals surface area (Å²) in [6, 6.07) is 13.7. The van der Waals surface area contributed by atoms with Crippen molar-refractivity contribution >= 4 is 40.3 Å². The fourth-order valence-corrected chi connectivity index (χ4v) is 2.40. The van der Waals surface area contributed by atoms with Crippen LogP contribution in [0.1, 0.15) is 6.42 Å². The second kappa shape index (κ2) is 7.43. The molecule has 0 unspecified atom stereocenters. The van der Waals surface area contributed by atoms with Crippen LogP contribution < -0.4 is 16.0 Å². The minimum Gasteiger partial charge on any atom is -0.397 e. The zero-order valence-electron chi connectivity index (χ0n) is 11.9. The van der Waals surface area contributed by atoms with E-state index in [-0.39, 0.29) is 0 Å². The van der Waals surface area contributed by atoms with Crippen LogP contribution in [0.5, 0.6) is 0 Å². The highest BCUT2D eigenvalue weighted by Crippen LogP contribution is 2.30. The van der Waals surface area contributed by atoms with E-state index in [1.165, 1.54) is 5.69 Å². The fraction of sp³-hybridized carbons (Fsp3) is 0.250. The Morgan fingerprint density at radius 1 is 1.10 bits per heavy atom. The van der Waals surface area contributed by atoms with E-state index in [2.05, 4.69) is 29.4 Å². The third kappa shape index (κ3) is 4.45. The lowest BCUT2D eigenvalue weighted by molar-refractivity contribution is 0.817. The summed E-state index contributed by atoms with van der Waals surface area (Å²) < 4.78 is 0. The van der Waals surface area contributed by atoms with Gasteiger partial charge in [-0.1, -0.05) is 41.4 Å². The van der Waals surface area contributed by atoms with E-state index in [1.807, 2.05) is 18.2 Å². The van der Waals surface area contributed by atoms with Crippen LogP contribution in [0.2, 0.25) is 10.0 Å². The second-order valence-electron chi connectivity index (χ2n) is 4.89. The van der Waals surface area contributed by atoms with E-state index in [1.54, 1.807) is 12.1 Å². The number of hydrogen-bond donors (Lipinski definition) is 2. The molecule has 2 aromatic rings. The Labute approximate surface area is 135 Å². The number of anilines is 3. The number of rotatable bonds is 6. The molecule has 2 aromatic carbocycles. The molecule has 0 radical (unpaired) electrons. The minimum atomic E-state index is 0.475. The predicted molar refractivity (Wildman–Crippen MR) is 93.7 cm³/mol. The van der Waals surface area contributed by atoms with Gasteiger partial charge in [-0.2, -0.15) is 0 Å². The minimum absolute atomic E-state index is 0.475. The van der Waals surface area contributed by atoms with Gasteiger partial charge < -0.3 is 16.0 Å². The first kappa shape index (κ1) is 15.8. The van der Waals surface area contributed by atoms with Crippen LogP contribution in [0.15, 0.2) is 42.5 Å². The Morgan fingerprint density at radius 2 is 1.76 bits per heavy atom. The maximum Gasteiger partial charge on any atom is 0.0614 e. The largest absolute Gasteiger partial charge is 0.397 e. The molecular weight excluding hydrogens is 305 g/mol. The maximum atomic E-state index is 5.99. The van der Waals surface area contributed by atoms with E-state index in [0.29, 0.717) is 15.7 Å². The molecule has 3 N–H and O–H groups in total. The standard InChI is InChI=1S/C16H19Cl2N3/c1-21(12-6-3-2-4-7-12)9-5-8-20-16-11-14(18)13(17)10-15(16)19/h2-4,6-7,10-11,20H,5,8-9,19H2,1H3. The number of nitrogens with two attached hydrogens (primary N) is 1. The van der Waals surface area contributed by atoms with Crippen LogP contribution in [0.4, 0.5) is 17.1 Å². The van der Waals surface area contributed by atoms with Crippen molar-refractivity contribution in [1.29, 1.82) is 0 Å². The summed E-state index contributed by atoms with van der Waals surface area (Å²) in [6.45, 7) is 1.78. The summed E-state index contributed by atoms with van der Waals surface area (Å²) >= 11 is 11.9. The number of para-hydroxylation sites is 1. The highest BCUT2D eigenvalue weighted by atomic mass is 35.5. The SMILES string of the molecule is CN(CCCNc1cc(Cl)c(Cl)cc1N)c1ccccc1. The lowest BCUT2D eigenvalue weighted by Crippen LogP contribution is -2.20. The van der Waals surface area contributed by atoms with Crippen LogP contribution in [0.3, 0.4) is 0 Å². The highest BCUT2D eigenvalue weighted by Gasteiger charge is 2.05. The maximum absolute atomic E-state index is 5.99. The molecule has 21 heavy (non-hydrogen) atoms. The first-order chi connectivity index (χ1) is 10.1. The van der Waals surface area contributed by atoms with E-state index >= 15 is 0 Å². The molecule has 5 heteroatoms. The molecule has 0 bridgehead atoms. The van der Waals surface area contributed by atoms with Gasteiger partial charge in [0.1, 0.15) is 0 Å². The highest BCUT2D eigenvalue weighted by molar-refractivity contribution is 6.42. The summed E-state index contributed by atoms with van der Waals surface area (Å²) in [6.07, 6.45) is 0.991. The van der Waals surface area contributed by atoms with Gasteiger partial charge in [0, 0.05) is 25.8 Å². The van der Waals surface area contributed by atoms with Crippen molar-refractivity contribution in [3.05, 3.63) is 52.5 Å². The Balaban J connectivity index is 1.81. The fourth-order valence-electron chi connectivity index (χ4n) is 2.07. The lowest BCUT2D eigenvalue weighted by Gasteiger charge is -2.19. The van der Waals surface area contributed by atoms with Crippen molar-refractivity contribution in [2.75, 3.05) is 36.1 Å². The van der Waals surface area contributed by atoms with Crippen LogP contribution in [-0.4, -0.2) is 20.1 Å². The number of nitrogens with zero attached hydrogens (tertiary/aromatic N) is 1. The first-order valence-corrected chi connectivity index (χ1v) is 7.58. The van der Waals surface area contributed by atoms with Gasteiger partial charge in [-0.25, -0.2) is 0 Å². The van der Waals surface area contributed by atoms with Crippen molar-refractivity contribution in [1.82, 2.24) is 0 Å². The molecule has 0 atom stereocenters. The average molecular weight is 324 g/mol. The Bertz CT molecular complexity index is 588. The molecule has 2 rings (SSSR count). The van der Waals surface area contributed by atoms with E-state index < -0.39 is 0 Å². The Hall–Kier alpha value is -1.58. The number of hydrogen-bond acceptors (Lipinski definition) is 3. The summed E-state index contributed by atoms with van der Waals surface area (Å²) in [4.78, 5) is 2.22. The number of nitrogens with one attached hydrogen (secondary N) is 1. The summed E-state index contributed by atoms with van der Waals surface area (Å²) in [5.74, 6) is 0. The zero-order valence-corrected chi connectivity index (χ0v) is 13.5. The van der Waals surface area contributed by atoms with Crippen molar-refractivity contribution in [3.63, 3.8) is 0 Å². The normalized spacial score (nSPS) is 10.4. The molecule has 0 fully saturated rings. The molecule has 0 amide bonds. The van der Waals surface area contributed by atoms with Crippen LogP contribution in [0, 0.1) is 0 Å². The van der Waals surface area contributed by atoms with Crippen LogP contribution >= 0.6 is 23.2 Å². The van der Waals surface area contributed by atoms with Gasteiger partial charge in [0.2, 0.25) is 0 Å². The zero-order chi connectivity index (χ0) is 15.2. The summed E-state index contributed by atoms with van der Waals surface area (Å²) in [7, 11) is 2.09. The van der Waals surface area contributed by atoms with Crippen molar-refractivity contribution in [3.8, 4) is 0 Å². The average Bonchev–Trinajstić information content (AvgIpc) is 2.49. The van der Waals surface area contributed by atoms with Gasteiger partial charge in [-0.3, -0.25) is 0 Å². The van der Waals surface area contributed by atoms with Gasteiger partial charge in [0.05, 0.1) is 21.4 Å². The first-order valence-electron chi connectivity index (χ1n) is 6.82. The topological polar surface area (TPSA) is 41.3 Å². The third-order valence-electron chi connectivity index (χ3n) is 3.28. The van der Waals surface area contributed by atoms with Crippen molar-refractivity contribution < 1.29 is 0 Å². The molecule has 0 heterocycles. The van der Waals surface area contributed by atoms with Gasteiger partial charge in [-0.15, -0.1) is 0 Å². The number of halogens is 2. The third-order valence-corrected chi connectivity index (χ3v) is 4.00. The number of nitrogen functional groups attached to an aromatic ring is 1. The summed E-state index contributed by atoms with van der Waals surface area (Å²) in [5, 5.41) is 4.28. The van der Waals surface area contributed by atoms with Gasteiger partial charge in [0.15, 0.2) is 0 Å². The monoisotopic (exact) mass is 323 g/mol. The van der Waals surface area contributed by atoms with Gasteiger partial charge >= 0.3 is 0 Å². The predicted octanol–water partition coefficient (Wildman–Crippen LogP) is 4.51. The quantitative estimate of drug-likeness (QED) is 0.606. The smallest absolute Gasteiger partial charge is 0.0614 e. The Kier molecular flexibility index (Phi) is 5.59. The van der Waals surface area contributed by atoms with Crippen LogP contribution in [-0.2, 0) is 0 Å². The van der Waals surface area contributed by atoms with E-state index in [4.69, 9.17) is 28.9 Å². The molecule has 0 aromatic heterocycles. The Morgan fingerprint density at radius 3 is 2.48 bits per heavy atom. The molecule has 112 valence electrons. The summed E-state index contributed by atoms with van der Waals surface area (Å²) in [5.41, 5.74) is 8.56. The van der Waals surface area contributed by atoms with E-state index in [9.17, 15) is 0 Å².